The minimum atomic E-state index is -4.39. The van der Waals surface area contributed by atoms with Gasteiger partial charge in [-0.3, -0.25) is 4.79 Å². The number of carbonyl (C=O) groups is 1. The average Bonchev–Trinajstić information content (AvgIpc) is 3.19. The second-order valence-electron chi connectivity index (χ2n) is 5.06. The van der Waals surface area contributed by atoms with E-state index in [2.05, 4.69) is 5.32 Å². The second-order valence-corrected chi connectivity index (χ2v) is 5.06. The summed E-state index contributed by atoms with van der Waals surface area (Å²) in [6, 6.07) is 5.04. The molecule has 1 fully saturated rings. The molecule has 1 aromatic rings. The van der Waals surface area contributed by atoms with Gasteiger partial charge in [-0.15, -0.1) is 12.4 Å². The quantitative estimate of drug-likeness (QED) is 0.819. The molecule has 2 rings (SSSR count). The minimum Gasteiger partial charge on any atom is -0.355 e. The molecule has 0 atom stereocenters. The van der Waals surface area contributed by atoms with Crippen molar-refractivity contribution in [3.05, 3.63) is 35.4 Å². The fourth-order valence-corrected chi connectivity index (χ4v) is 2.24. The van der Waals surface area contributed by atoms with Crippen LogP contribution in [-0.2, 0) is 16.4 Å². The lowest BCUT2D eigenvalue weighted by molar-refractivity contribution is -0.137. The van der Waals surface area contributed by atoms with Gasteiger partial charge in [-0.2, -0.15) is 13.2 Å². The van der Waals surface area contributed by atoms with Crippen LogP contribution >= 0.6 is 12.4 Å². The first-order chi connectivity index (χ1) is 9.40. The van der Waals surface area contributed by atoms with Gasteiger partial charge in [0.25, 0.3) is 0 Å². The summed E-state index contributed by atoms with van der Waals surface area (Å²) < 4.78 is 38.1. The maximum absolute atomic E-state index is 12.7. The predicted octanol–water partition coefficient (Wildman–Crippen LogP) is 2.62. The van der Waals surface area contributed by atoms with Crippen LogP contribution in [0.5, 0.6) is 0 Å². The fourth-order valence-electron chi connectivity index (χ4n) is 2.24. The molecule has 0 saturated heterocycles. The highest BCUT2D eigenvalue weighted by molar-refractivity contribution is 5.91. The van der Waals surface area contributed by atoms with Crippen molar-refractivity contribution in [2.75, 3.05) is 13.1 Å². The SMILES string of the molecule is Cl.NCCCNC(=O)C1(c2cccc(C(F)(F)F)c2)CC1. The summed E-state index contributed by atoms with van der Waals surface area (Å²) in [4.78, 5) is 12.1. The van der Waals surface area contributed by atoms with Crippen LogP contribution in [0, 0.1) is 0 Å². The van der Waals surface area contributed by atoms with E-state index in [1.54, 1.807) is 6.07 Å². The van der Waals surface area contributed by atoms with E-state index in [0.29, 0.717) is 37.9 Å². The number of nitrogens with two attached hydrogens (primary N) is 1. The first-order valence-electron chi connectivity index (χ1n) is 6.56. The van der Waals surface area contributed by atoms with Gasteiger partial charge in [-0.25, -0.2) is 0 Å². The van der Waals surface area contributed by atoms with Crippen molar-refractivity contribution < 1.29 is 18.0 Å². The van der Waals surface area contributed by atoms with Crippen LogP contribution in [0.15, 0.2) is 24.3 Å². The third-order valence-corrected chi connectivity index (χ3v) is 3.59. The molecule has 1 aliphatic rings. The standard InChI is InChI=1S/C14H17F3N2O.ClH/c15-14(16,17)11-4-1-3-10(9-11)13(5-6-13)12(20)19-8-2-7-18;/h1,3-4,9H,2,5-8,18H2,(H,19,20);1H. The van der Waals surface area contributed by atoms with Gasteiger partial charge in [0, 0.05) is 6.54 Å². The van der Waals surface area contributed by atoms with Crippen molar-refractivity contribution in [3.63, 3.8) is 0 Å². The molecular weight excluding hydrogens is 305 g/mol. The molecule has 7 heteroatoms. The number of hydrogen-bond acceptors (Lipinski definition) is 2. The van der Waals surface area contributed by atoms with Crippen molar-refractivity contribution in [1.29, 1.82) is 0 Å². The maximum Gasteiger partial charge on any atom is 0.416 e. The van der Waals surface area contributed by atoms with Gasteiger partial charge in [0.1, 0.15) is 0 Å². The summed E-state index contributed by atoms with van der Waals surface area (Å²) in [5.41, 5.74) is 4.29. The number of hydrogen-bond donors (Lipinski definition) is 2. The average molecular weight is 323 g/mol. The largest absolute Gasteiger partial charge is 0.416 e. The monoisotopic (exact) mass is 322 g/mol. The van der Waals surface area contributed by atoms with Crippen LogP contribution in [0.2, 0.25) is 0 Å². The summed E-state index contributed by atoms with van der Waals surface area (Å²) in [6.07, 6.45) is -2.56. The lowest BCUT2D eigenvalue weighted by Gasteiger charge is -2.17. The van der Waals surface area contributed by atoms with E-state index in [0.717, 1.165) is 12.1 Å². The Morgan fingerprint density at radius 3 is 2.52 bits per heavy atom. The molecule has 1 saturated carbocycles. The Kier molecular flexibility index (Phi) is 5.64. The molecule has 0 spiro atoms. The molecule has 0 unspecified atom stereocenters. The molecule has 3 N–H and O–H groups in total. The van der Waals surface area contributed by atoms with Crippen molar-refractivity contribution in [2.45, 2.75) is 30.9 Å². The lowest BCUT2D eigenvalue weighted by atomic mass is 9.93. The van der Waals surface area contributed by atoms with Crippen LogP contribution in [0.4, 0.5) is 13.2 Å². The molecule has 0 aromatic heterocycles. The fraction of sp³-hybridized carbons (Fsp3) is 0.500. The van der Waals surface area contributed by atoms with Crippen molar-refractivity contribution in [1.82, 2.24) is 5.32 Å². The number of rotatable bonds is 5. The van der Waals surface area contributed by atoms with Gasteiger partial charge in [0.15, 0.2) is 0 Å². The number of alkyl halides is 3. The topological polar surface area (TPSA) is 55.1 Å². The van der Waals surface area contributed by atoms with E-state index in [1.165, 1.54) is 6.07 Å². The van der Waals surface area contributed by atoms with Crippen LogP contribution in [0.3, 0.4) is 0 Å². The maximum atomic E-state index is 12.7. The second kappa shape index (κ2) is 6.66. The Labute approximate surface area is 127 Å². The highest BCUT2D eigenvalue weighted by atomic mass is 35.5. The number of nitrogens with one attached hydrogen (secondary N) is 1. The summed E-state index contributed by atoms with van der Waals surface area (Å²) >= 11 is 0. The zero-order valence-electron chi connectivity index (χ0n) is 11.4. The number of amides is 1. The van der Waals surface area contributed by atoms with Gasteiger partial charge in [-0.05, 0) is 37.4 Å². The smallest absolute Gasteiger partial charge is 0.355 e. The molecule has 0 heterocycles. The zero-order valence-corrected chi connectivity index (χ0v) is 12.2. The molecule has 0 radical (unpaired) electrons. The first kappa shape index (κ1) is 17.8. The van der Waals surface area contributed by atoms with Gasteiger partial charge in [-0.1, -0.05) is 18.2 Å². The third-order valence-electron chi connectivity index (χ3n) is 3.59. The van der Waals surface area contributed by atoms with E-state index in [-0.39, 0.29) is 18.3 Å². The molecular formula is C14H18ClF3N2O. The van der Waals surface area contributed by atoms with Crippen molar-refractivity contribution in [3.8, 4) is 0 Å². The third kappa shape index (κ3) is 3.89. The highest BCUT2D eigenvalue weighted by Gasteiger charge is 2.51. The predicted molar refractivity (Wildman–Crippen MR) is 76.3 cm³/mol. The molecule has 1 aromatic carbocycles. The Bertz CT molecular complexity index is 501. The van der Waals surface area contributed by atoms with Crippen LogP contribution in [0.25, 0.3) is 0 Å². The molecule has 1 aliphatic carbocycles. The molecule has 0 aliphatic heterocycles. The highest BCUT2D eigenvalue weighted by Crippen LogP contribution is 2.49. The number of benzene rings is 1. The van der Waals surface area contributed by atoms with E-state index in [4.69, 9.17) is 5.73 Å². The lowest BCUT2D eigenvalue weighted by Crippen LogP contribution is -2.36. The Balaban J connectivity index is 0.00000220. The normalized spacial score (nSPS) is 16.0. The molecule has 1 amide bonds. The Morgan fingerprint density at radius 1 is 1.33 bits per heavy atom. The summed E-state index contributed by atoms with van der Waals surface area (Å²) in [5.74, 6) is -0.203. The molecule has 0 bridgehead atoms. The van der Waals surface area contributed by atoms with Crippen LogP contribution < -0.4 is 11.1 Å². The minimum absolute atomic E-state index is 0. The molecule has 3 nitrogen and oxygen atoms in total. The zero-order chi connectivity index (χ0) is 14.8. The summed E-state index contributed by atoms with van der Waals surface area (Å²) in [7, 11) is 0. The number of carbonyl (C=O) groups excluding carboxylic acids is 1. The number of halogens is 4. The first-order valence-corrected chi connectivity index (χ1v) is 6.56. The van der Waals surface area contributed by atoms with Crippen LogP contribution in [0.1, 0.15) is 30.4 Å². The van der Waals surface area contributed by atoms with E-state index >= 15 is 0 Å². The van der Waals surface area contributed by atoms with Gasteiger partial charge in [0.2, 0.25) is 5.91 Å². The summed E-state index contributed by atoms with van der Waals surface area (Å²) in [6.45, 7) is 0.923. The van der Waals surface area contributed by atoms with Crippen LogP contribution in [-0.4, -0.2) is 19.0 Å². The van der Waals surface area contributed by atoms with E-state index < -0.39 is 17.2 Å². The van der Waals surface area contributed by atoms with Crippen molar-refractivity contribution >= 4 is 18.3 Å². The van der Waals surface area contributed by atoms with Gasteiger partial charge < -0.3 is 11.1 Å². The Morgan fingerprint density at radius 2 is 2.00 bits per heavy atom. The van der Waals surface area contributed by atoms with E-state index in [1.807, 2.05) is 0 Å². The van der Waals surface area contributed by atoms with E-state index in [9.17, 15) is 18.0 Å². The van der Waals surface area contributed by atoms with Gasteiger partial charge in [0.05, 0.1) is 11.0 Å². The Hall–Kier alpha value is -1.27. The molecule has 21 heavy (non-hydrogen) atoms. The summed E-state index contributed by atoms with van der Waals surface area (Å²) in [5, 5.41) is 2.74. The van der Waals surface area contributed by atoms with Crippen molar-refractivity contribution in [2.24, 2.45) is 5.73 Å². The van der Waals surface area contributed by atoms with Gasteiger partial charge >= 0.3 is 6.18 Å². The molecule has 118 valence electrons.